The number of halogens is 1. The molecule has 0 spiro atoms. The summed E-state index contributed by atoms with van der Waals surface area (Å²) in [5.74, 6) is 0.226. The first-order chi connectivity index (χ1) is 11.6. The minimum atomic E-state index is -0.306. The number of nitrogens with one attached hydrogen (secondary N) is 1. The Labute approximate surface area is 143 Å². The van der Waals surface area contributed by atoms with Gasteiger partial charge < -0.3 is 15.0 Å². The van der Waals surface area contributed by atoms with Crippen LogP contribution in [0.5, 0.6) is 5.88 Å². The highest BCUT2D eigenvalue weighted by atomic mass is 35.5. The van der Waals surface area contributed by atoms with E-state index in [1.165, 1.54) is 0 Å². The summed E-state index contributed by atoms with van der Waals surface area (Å²) in [6, 6.07) is 8.51. The number of rotatable bonds is 3. The summed E-state index contributed by atoms with van der Waals surface area (Å²) < 4.78 is 7.01. The largest absolute Gasteiger partial charge is 0.476 e. The molecule has 1 atom stereocenters. The quantitative estimate of drug-likeness (QED) is 0.913. The number of ether oxygens (including phenoxy) is 1. The van der Waals surface area contributed by atoms with E-state index in [-0.39, 0.29) is 24.3 Å². The second kappa shape index (κ2) is 5.83. The molecule has 0 radical (unpaired) electrons. The number of benzene rings is 1. The Morgan fingerprint density at radius 2 is 2.21 bits per heavy atom. The minimum absolute atomic E-state index is 0.0657. The maximum Gasteiger partial charge on any atom is 0.272 e. The van der Waals surface area contributed by atoms with Crippen LogP contribution in [-0.2, 0) is 11.3 Å². The predicted molar refractivity (Wildman–Crippen MR) is 87.4 cm³/mol. The molecule has 1 aromatic heterocycles. The maximum absolute atomic E-state index is 12.3. The van der Waals surface area contributed by atoms with Crippen molar-refractivity contribution in [3.63, 3.8) is 0 Å². The number of hydrogen-bond acceptors (Lipinski definition) is 4. The smallest absolute Gasteiger partial charge is 0.272 e. The van der Waals surface area contributed by atoms with Gasteiger partial charge in [-0.2, -0.15) is 5.10 Å². The molecule has 7 nitrogen and oxygen atoms in total. The van der Waals surface area contributed by atoms with Gasteiger partial charge in [0.15, 0.2) is 5.69 Å². The fraction of sp³-hybridized carbons (Fsp3) is 0.312. The molecule has 3 heterocycles. The molecule has 0 aliphatic carbocycles. The van der Waals surface area contributed by atoms with Crippen LogP contribution in [-0.4, -0.2) is 40.8 Å². The third-order valence-electron chi connectivity index (χ3n) is 4.13. The highest BCUT2D eigenvalue weighted by Gasteiger charge is 2.33. The Hall–Kier alpha value is -2.54. The SMILES string of the molecule is O=C(NC1CC(=O)N(c2ccccc2Cl)C1)c1cc2n(n1)CCO2. The highest BCUT2D eigenvalue weighted by Crippen LogP contribution is 2.29. The van der Waals surface area contributed by atoms with Gasteiger partial charge in [-0.25, -0.2) is 4.68 Å². The van der Waals surface area contributed by atoms with Gasteiger partial charge >= 0.3 is 0 Å². The van der Waals surface area contributed by atoms with Gasteiger partial charge in [0, 0.05) is 19.0 Å². The monoisotopic (exact) mass is 346 g/mol. The van der Waals surface area contributed by atoms with Gasteiger partial charge in [-0.3, -0.25) is 9.59 Å². The molecule has 124 valence electrons. The molecular weight excluding hydrogens is 332 g/mol. The Bertz CT molecular complexity index is 798. The molecule has 0 saturated carbocycles. The molecule has 1 fully saturated rings. The van der Waals surface area contributed by atoms with E-state index in [1.54, 1.807) is 27.8 Å². The van der Waals surface area contributed by atoms with E-state index in [1.807, 2.05) is 12.1 Å². The third-order valence-corrected chi connectivity index (χ3v) is 4.45. The number of hydrogen-bond donors (Lipinski definition) is 1. The standard InChI is InChI=1S/C16H15ClN4O3/c17-11-3-1-2-4-13(11)20-9-10(7-14(20)22)18-16(23)12-8-15-21(19-12)5-6-24-15/h1-4,8,10H,5-7,9H2,(H,18,23). The third kappa shape index (κ3) is 2.60. The molecule has 2 aliphatic rings. The van der Waals surface area contributed by atoms with Crippen molar-refractivity contribution in [1.82, 2.24) is 15.1 Å². The molecule has 2 aromatic rings. The van der Waals surface area contributed by atoms with Crippen molar-refractivity contribution in [3.05, 3.63) is 41.0 Å². The van der Waals surface area contributed by atoms with Crippen molar-refractivity contribution in [3.8, 4) is 5.88 Å². The lowest BCUT2D eigenvalue weighted by Gasteiger charge is -2.18. The lowest BCUT2D eigenvalue weighted by molar-refractivity contribution is -0.117. The average molecular weight is 347 g/mol. The number of carbonyl (C=O) groups is 2. The molecule has 1 N–H and O–H groups in total. The number of nitrogens with zero attached hydrogens (tertiary/aromatic N) is 3. The van der Waals surface area contributed by atoms with E-state index in [9.17, 15) is 9.59 Å². The number of para-hydroxylation sites is 1. The van der Waals surface area contributed by atoms with Crippen molar-refractivity contribution in [2.75, 3.05) is 18.1 Å². The number of fused-ring (bicyclic) bond motifs is 1. The zero-order valence-electron chi connectivity index (χ0n) is 12.7. The van der Waals surface area contributed by atoms with Gasteiger partial charge in [0.1, 0.15) is 6.61 Å². The summed E-state index contributed by atoms with van der Waals surface area (Å²) in [4.78, 5) is 26.2. The molecule has 1 aromatic carbocycles. The van der Waals surface area contributed by atoms with E-state index < -0.39 is 0 Å². The molecule has 2 aliphatic heterocycles. The number of carbonyl (C=O) groups excluding carboxylic acids is 2. The van der Waals surface area contributed by atoms with Crippen LogP contribution in [0.3, 0.4) is 0 Å². The average Bonchev–Trinajstić information content (AvgIpc) is 3.22. The molecule has 24 heavy (non-hydrogen) atoms. The number of amides is 2. The van der Waals surface area contributed by atoms with E-state index in [4.69, 9.17) is 16.3 Å². The van der Waals surface area contributed by atoms with Crippen LogP contribution in [0.4, 0.5) is 5.69 Å². The van der Waals surface area contributed by atoms with Gasteiger partial charge in [-0.15, -0.1) is 0 Å². The molecule has 0 bridgehead atoms. The van der Waals surface area contributed by atoms with Gasteiger partial charge in [-0.1, -0.05) is 23.7 Å². The van der Waals surface area contributed by atoms with Crippen LogP contribution in [0.25, 0.3) is 0 Å². The summed E-state index contributed by atoms with van der Waals surface area (Å²) >= 11 is 6.15. The topological polar surface area (TPSA) is 76.5 Å². The summed E-state index contributed by atoms with van der Waals surface area (Å²) in [6.07, 6.45) is 0.237. The van der Waals surface area contributed by atoms with Crippen molar-refractivity contribution in [2.45, 2.75) is 19.0 Å². The van der Waals surface area contributed by atoms with Gasteiger partial charge in [-0.05, 0) is 12.1 Å². The number of anilines is 1. The zero-order valence-corrected chi connectivity index (χ0v) is 13.5. The lowest BCUT2D eigenvalue weighted by atomic mass is 10.2. The van der Waals surface area contributed by atoms with E-state index >= 15 is 0 Å². The van der Waals surface area contributed by atoms with E-state index in [0.717, 1.165) is 0 Å². The number of aromatic nitrogens is 2. The Kier molecular flexibility index (Phi) is 3.65. The highest BCUT2D eigenvalue weighted by molar-refractivity contribution is 6.33. The van der Waals surface area contributed by atoms with Gasteiger partial charge in [0.05, 0.1) is 23.3 Å². The molecule has 2 amide bonds. The minimum Gasteiger partial charge on any atom is -0.476 e. The van der Waals surface area contributed by atoms with Crippen LogP contribution in [0.1, 0.15) is 16.9 Å². The summed E-state index contributed by atoms with van der Waals surface area (Å²) in [6.45, 7) is 1.61. The summed E-state index contributed by atoms with van der Waals surface area (Å²) in [5, 5.41) is 7.58. The van der Waals surface area contributed by atoms with Crippen molar-refractivity contribution in [1.29, 1.82) is 0 Å². The van der Waals surface area contributed by atoms with Crippen LogP contribution in [0, 0.1) is 0 Å². The first-order valence-corrected chi connectivity index (χ1v) is 8.06. The zero-order chi connectivity index (χ0) is 16.7. The maximum atomic E-state index is 12.3. The normalized spacial score (nSPS) is 19.3. The Balaban J connectivity index is 1.45. The summed E-state index contributed by atoms with van der Waals surface area (Å²) in [7, 11) is 0. The van der Waals surface area contributed by atoms with Gasteiger partial charge in [0.25, 0.3) is 5.91 Å². The first-order valence-electron chi connectivity index (χ1n) is 7.68. The molecule has 4 rings (SSSR count). The summed E-state index contributed by atoms with van der Waals surface area (Å²) in [5.41, 5.74) is 0.962. The molecular formula is C16H15ClN4O3. The van der Waals surface area contributed by atoms with Crippen molar-refractivity contribution >= 4 is 29.1 Å². The van der Waals surface area contributed by atoms with Crippen LogP contribution < -0.4 is 15.0 Å². The fourth-order valence-electron chi connectivity index (χ4n) is 2.99. The van der Waals surface area contributed by atoms with Crippen LogP contribution >= 0.6 is 11.6 Å². The predicted octanol–water partition coefficient (Wildman–Crippen LogP) is 1.46. The Morgan fingerprint density at radius 3 is 3.00 bits per heavy atom. The van der Waals surface area contributed by atoms with Crippen LogP contribution in [0.2, 0.25) is 5.02 Å². The Morgan fingerprint density at radius 1 is 1.38 bits per heavy atom. The second-order valence-corrected chi connectivity index (χ2v) is 6.18. The van der Waals surface area contributed by atoms with Crippen molar-refractivity contribution < 1.29 is 14.3 Å². The fourth-order valence-corrected chi connectivity index (χ4v) is 3.23. The van der Waals surface area contributed by atoms with E-state index in [0.29, 0.717) is 42.0 Å². The van der Waals surface area contributed by atoms with Crippen molar-refractivity contribution in [2.24, 2.45) is 0 Å². The molecule has 1 saturated heterocycles. The lowest BCUT2D eigenvalue weighted by Crippen LogP contribution is -2.37. The molecule has 1 unspecified atom stereocenters. The second-order valence-electron chi connectivity index (χ2n) is 5.77. The van der Waals surface area contributed by atoms with E-state index in [2.05, 4.69) is 10.4 Å². The van der Waals surface area contributed by atoms with Crippen LogP contribution in [0.15, 0.2) is 30.3 Å². The van der Waals surface area contributed by atoms with Gasteiger partial charge in [0.2, 0.25) is 11.8 Å². The molecule has 8 heteroatoms. The first kappa shape index (κ1) is 15.0.